The second-order valence-corrected chi connectivity index (χ2v) is 5.40. The van der Waals surface area contributed by atoms with Gasteiger partial charge in [0.25, 0.3) is 5.56 Å². The minimum Gasteiger partial charge on any atom is -0.497 e. The monoisotopic (exact) mass is 336 g/mol. The smallest absolute Gasteiger partial charge is 0.335 e. The van der Waals surface area contributed by atoms with Gasteiger partial charge in [0.15, 0.2) is 5.82 Å². The van der Waals surface area contributed by atoms with Crippen LogP contribution >= 0.6 is 0 Å². The maximum absolute atomic E-state index is 12.3. The Morgan fingerprint density at radius 3 is 2.60 bits per heavy atom. The number of hydrogen-bond donors (Lipinski definition) is 2. The van der Waals surface area contributed by atoms with Gasteiger partial charge < -0.3 is 14.8 Å². The number of fused-ring (bicyclic) bond motifs is 3. The summed E-state index contributed by atoms with van der Waals surface area (Å²) in [6, 6.07) is 11.7. The highest BCUT2D eigenvalue weighted by molar-refractivity contribution is 5.93. The van der Waals surface area contributed by atoms with Crippen LogP contribution in [0.4, 0.5) is 0 Å². The Labute approximate surface area is 140 Å². The van der Waals surface area contributed by atoms with Gasteiger partial charge in [0.2, 0.25) is 5.65 Å². The first-order valence-corrected chi connectivity index (χ1v) is 7.37. The number of ether oxygens (including phenoxy) is 1. The summed E-state index contributed by atoms with van der Waals surface area (Å²) >= 11 is 0. The summed E-state index contributed by atoms with van der Waals surface area (Å²) in [4.78, 5) is 26.1. The molecule has 0 atom stereocenters. The van der Waals surface area contributed by atoms with Crippen molar-refractivity contribution in [3.8, 4) is 17.1 Å². The number of nitrogens with zero attached hydrogens (tertiary/aromatic N) is 3. The topological polar surface area (TPSA) is 110 Å². The molecule has 2 aromatic carbocycles. The van der Waals surface area contributed by atoms with E-state index in [1.807, 2.05) is 12.1 Å². The summed E-state index contributed by atoms with van der Waals surface area (Å²) in [5, 5.41) is 17.2. The van der Waals surface area contributed by atoms with Gasteiger partial charge in [-0.1, -0.05) is 0 Å². The van der Waals surface area contributed by atoms with Gasteiger partial charge in [-0.25, -0.2) is 4.79 Å². The van der Waals surface area contributed by atoms with Crippen LogP contribution in [-0.4, -0.2) is 37.8 Å². The number of rotatable bonds is 3. The van der Waals surface area contributed by atoms with Gasteiger partial charge in [0, 0.05) is 5.56 Å². The first-order valence-electron chi connectivity index (χ1n) is 7.37. The molecule has 0 unspecified atom stereocenters. The minimum atomic E-state index is -1.07. The van der Waals surface area contributed by atoms with Crippen molar-refractivity contribution in [3.05, 3.63) is 58.4 Å². The molecule has 0 spiro atoms. The van der Waals surface area contributed by atoms with Gasteiger partial charge >= 0.3 is 5.97 Å². The number of carboxylic acids is 1. The first-order chi connectivity index (χ1) is 12.1. The Hall–Kier alpha value is -3.68. The van der Waals surface area contributed by atoms with Crippen molar-refractivity contribution < 1.29 is 14.6 Å². The van der Waals surface area contributed by atoms with E-state index in [4.69, 9.17) is 9.84 Å². The van der Waals surface area contributed by atoms with Crippen LogP contribution in [0.5, 0.6) is 5.75 Å². The Balaban J connectivity index is 2.04. The maximum Gasteiger partial charge on any atom is 0.335 e. The van der Waals surface area contributed by atoms with Gasteiger partial charge in [-0.2, -0.15) is 0 Å². The largest absolute Gasteiger partial charge is 0.497 e. The lowest BCUT2D eigenvalue weighted by atomic mass is 10.1. The fraction of sp³-hybridized carbons (Fsp3) is 0.0588. The van der Waals surface area contributed by atoms with Crippen molar-refractivity contribution in [1.29, 1.82) is 0 Å². The molecule has 124 valence electrons. The van der Waals surface area contributed by atoms with E-state index in [1.54, 1.807) is 29.7 Å². The second kappa shape index (κ2) is 5.45. The van der Waals surface area contributed by atoms with E-state index in [1.165, 1.54) is 12.1 Å². The Morgan fingerprint density at radius 2 is 1.92 bits per heavy atom. The van der Waals surface area contributed by atoms with E-state index >= 15 is 0 Å². The molecule has 25 heavy (non-hydrogen) atoms. The molecule has 0 aliphatic carbocycles. The predicted molar refractivity (Wildman–Crippen MR) is 90.1 cm³/mol. The predicted octanol–water partition coefficient (Wildman–Crippen LogP) is 1.94. The van der Waals surface area contributed by atoms with E-state index in [0.29, 0.717) is 22.6 Å². The van der Waals surface area contributed by atoms with Gasteiger partial charge in [-0.05, 0) is 42.5 Å². The number of benzene rings is 2. The van der Waals surface area contributed by atoms with Gasteiger partial charge in [0.05, 0.1) is 23.7 Å². The van der Waals surface area contributed by atoms with Gasteiger partial charge in [-0.15, -0.1) is 10.2 Å². The third-order valence-electron chi connectivity index (χ3n) is 3.95. The lowest BCUT2D eigenvalue weighted by molar-refractivity contribution is 0.0697. The quantitative estimate of drug-likeness (QED) is 0.592. The van der Waals surface area contributed by atoms with E-state index < -0.39 is 11.5 Å². The summed E-state index contributed by atoms with van der Waals surface area (Å²) in [5.74, 6) is 0.116. The van der Waals surface area contributed by atoms with E-state index in [2.05, 4.69) is 15.2 Å². The van der Waals surface area contributed by atoms with Crippen LogP contribution in [-0.2, 0) is 0 Å². The molecule has 2 heterocycles. The highest BCUT2D eigenvalue weighted by Gasteiger charge is 2.15. The van der Waals surface area contributed by atoms with Crippen LogP contribution < -0.4 is 10.3 Å². The zero-order chi connectivity index (χ0) is 17.6. The summed E-state index contributed by atoms with van der Waals surface area (Å²) in [6.45, 7) is 0. The van der Waals surface area contributed by atoms with E-state index in [-0.39, 0.29) is 11.2 Å². The molecule has 4 rings (SSSR count). The average Bonchev–Trinajstić information content (AvgIpc) is 3.07. The van der Waals surface area contributed by atoms with Crippen LogP contribution in [0.2, 0.25) is 0 Å². The maximum atomic E-state index is 12.3. The van der Waals surface area contributed by atoms with Gasteiger partial charge in [0.1, 0.15) is 5.75 Å². The fourth-order valence-electron chi connectivity index (χ4n) is 2.73. The summed E-state index contributed by atoms with van der Waals surface area (Å²) in [7, 11) is 1.58. The number of hydrogen-bond acceptors (Lipinski definition) is 5. The molecule has 0 saturated heterocycles. The third-order valence-corrected chi connectivity index (χ3v) is 3.95. The molecule has 0 bridgehead atoms. The van der Waals surface area contributed by atoms with Crippen molar-refractivity contribution >= 4 is 22.6 Å². The molecule has 0 fully saturated rings. The number of aromatic amines is 1. The molecule has 8 nitrogen and oxygen atoms in total. The highest BCUT2D eigenvalue weighted by Crippen LogP contribution is 2.24. The normalized spacial score (nSPS) is 11.1. The highest BCUT2D eigenvalue weighted by atomic mass is 16.5. The molecular formula is C17H12N4O4. The molecule has 0 saturated carbocycles. The van der Waals surface area contributed by atoms with Crippen LogP contribution in [0, 0.1) is 0 Å². The molecule has 8 heteroatoms. The molecule has 2 N–H and O–H groups in total. The Morgan fingerprint density at radius 1 is 1.16 bits per heavy atom. The number of nitrogens with one attached hydrogen (secondary N) is 1. The van der Waals surface area contributed by atoms with Crippen LogP contribution in [0.25, 0.3) is 28.1 Å². The molecule has 0 amide bonds. The molecule has 0 aliphatic rings. The summed E-state index contributed by atoms with van der Waals surface area (Å²) in [6.07, 6.45) is 0. The van der Waals surface area contributed by atoms with E-state index in [0.717, 1.165) is 5.56 Å². The summed E-state index contributed by atoms with van der Waals surface area (Å²) < 4.78 is 6.76. The van der Waals surface area contributed by atoms with Crippen molar-refractivity contribution in [3.63, 3.8) is 0 Å². The van der Waals surface area contributed by atoms with Crippen LogP contribution in [0.3, 0.4) is 0 Å². The van der Waals surface area contributed by atoms with Crippen molar-refractivity contribution in [2.75, 3.05) is 7.11 Å². The van der Waals surface area contributed by atoms with Crippen molar-refractivity contribution in [2.45, 2.75) is 0 Å². The number of H-pyrrole nitrogens is 1. The van der Waals surface area contributed by atoms with Crippen molar-refractivity contribution in [1.82, 2.24) is 19.6 Å². The SMILES string of the molecule is COc1ccc(-c2nnc3c(=O)[nH]c4cc(C(=O)O)ccc4n23)cc1. The number of carboxylic acid groups (broad SMARTS) is 1. The second-order valence-electron chi connectivity index (χ2n) is 5.40. The molecular weight excluding hydrogens is 324 g/mol. The van der Waals surface area contributed by atoms with Crippen molar-refractivity contribution in [2.24, 2.45) is 0 Å². The zero-order valence-corrected chi connectivity index (χ0v) is 13.1. The number of aromatic carboxylic acids is 1. The molecule has 4 aromatic rings. The van der Waals surface area contributed by atoms with Crippen LogP contribution in [0.1, 0.15) is 10.4 Å². The molecule has 2 aromatic heterocycles. The fourth-order valence-corrected chi connectivity index (χ4v) is 2.73. The summed E-state index contributed by atoms with van der Waals surface area (Å²) in [5.41, 5.74) is 1.54. The lowest BCUT2D eigenvalue weighted by Crippen LogP contribution is -2.12. The Kier molecular flexibility index (Phi) is 3.24. The van der Waals surface area contributed by atoms with Crippen LogP contribution in [0.15, 0.2) is 47.3 Å². The van der Waals surface area contributed by atoms with E-state index in [9.17, 15) is 9.59 Å². The first kappa shape index (κ1) is 14.9. The number of aromatic nitrogens is 4. The lowest BCUT2D eigenvalue weighted by Gasteiger charge is -2.06. The average molecular weight is 336 g/mol. The minimum absolute atomic E-state index is 0.0848. The van der Waals surface area contributed by atoms with Gasteiger partial charge in [-0.3, -0.25) is 9.20 Å². The molecule has 0 radical (unpaired) electrons. The Bertz CT molecular complexity index is 1180. The third kappa shape index (κ3) is 2.31. The standard InChI is InChI=1S/C17H12N4O4/c1-25-11-5-2-9(3-6-11)14-19-20-15-16(22)18-12-8-10(17(23)24)4-7-13(12)21(14)15/h2-8H,1H3,(H,18,22)(H,23,24). The zero-order valence-electron chi connectivity index (χ0n) is 13.1. The number of methoxy groups -OCH3 is 1. The number of carbonyl (C=O) groups is 1. The molecule has 0 aliphatic heterocycles.